The Morgan fingerprint density at radius 2 is 2.06 bits per heavy atom. The van der Waals surface area contributed by atoms with Crippen molar-refractivity contribution in [2.45, 2.75) is 46.1 Å². The van der Waals surface area contributed by atoms with Gasteiger partial charge in [0.05, 0.1) is 0 Å². The van der Waals surface area contributed by atoms with Gasteiger partial charge in [-0.2, -0.15) is 0 Å². The molecule has 0 aromatic rings. The van der Waals surface area contributed by atoms with E-state index in [0.29, 0.717) is 5.92 Å². The largest absolute Gasteiger partial charge is 0.444 e. The number of hydrogen-bond acceptors (Lipinski definition) is 3. The normalized spacial score (nSPS) is 16.8. The predicted molar refractivity (Wildman–Crippen MR) is 69.1 cm³/mol. The minimum Gasteiger partial charge on any atom is -0.444 e. The summed E-state index contributed by atoms with van der Waals surface area (Å²) in [6.45, 7) is 11.6. The van der Waals surface area contributed by atoms with Crippen molar-refractivity contribution in [1.29, 1.82) is 0 Å². The van der Waals surface area contributed by atoms with E-state index >= 15 is 0 Å². The molecule has 1 saturated heterocycles. The summed E-state index contributed by atoms with van der Waals surface area (Å²) in [7, 11) is 0. The van der Waals surface area contributed by atoms with Crippen LogP contribution in [0.1, 0.15) is 40.5 Å². The molecule has 0 aliphatic carbocycles. The number of rotatable bonds is 5. The fraction of sp³-hybridized carbons (Fsp3) is 0.923. The second-order valence-corrected chi connectivity index (χ2v) is 5.81. The molecule has 0 unspecified atom stereocenters. The number of amides is 1. The van der Waals surface area contributed by atoms with Crippen LogP contribution < -0.4 is 5.32 Å². The third kappa shape index (κ3) is 5.39. The topological polar surface area (TPSA) is 41.6 Å². The first kappa shape index (κ1) is 14.3. The van der Waals surface area contributed by atoms with Gasteiger partial charge in [-0.15, -0.1) is 0 Å². The van der Waals surface area contributed by atoms with Crippen LogP contribution in [-0.2, 0) is 4.74 Å². The molecule has 1 heterocycles. The molecule has 0 spiro atoms. The van der Waals surface area contributed by atoms with Gasteiger partial charge in [-0.1, -0.05) is 13.3 Å². The van der Waals surface area contributed by atoms with Crippen molar-refractivity contribution < 1.29 is 9.53 Å². The molecular formula is C13H26N2O2. The van der Waals surface area contributed by atoms with Gasteiger partial charge in [0, 0.05) is 25.6 Å². The molecule has 1 amide bonds. The summed E-state index contributed by atoms with van der Waals surface area (Å²) in [6, 6.07) is 0. The van der Waals surface area contributed by atoms with E-state index in [2.05, 4.69) is 12.2 Å². The number of carbonyl (C=O) groups excluding carboxylic acids is 1. The number of nitrogens with zero attached hydrogens (tertiary/aromatic N) is 1. The van der Waals surface area contributed by atoms with Gasteiger partial charge in [0.1, 0.15) is 5.60 Å². The van der Waals surface area contributed by atoms with Crippen molar-refractivity contribution in [3.05, 3.63) is 0 Å². The van der Waals surface area contributed by atoms with Gasteiger partial charge in [-0.3, -0.25) is 0 Å². The first-order valence-electron chi connectivity index (χ1n) is 6.61. The standard InChI is InChI=1S/C13H26N2O2/c1-5-6-7-14-8-11-9-15(10-11)12(16)17-13(2,3)4/h11,14H,5-10H2,1-4H3. The molecule has 1 rings (SSSR count). The minimum atomic E-state index is -0.387. The fourth-order valence-corrected chi connectivity index (χ4v) is 1.78. The minimum absolute atomic E-state index is 0.178. The summed E-state index contributed by atoms with van der Waals surface area (Å²) in [5, 5.41) is 3.42. The molecule has 1 N–H and O–H groups in total. The van der Waals surface area contributed by atoms with Crippen LogP contribution in [0.25, 0.3) is 0 Å². The van der Waals surface area contributed by atoms with Crippen LogP contribution in [0.3, 0.4) is 0 Å². The van der Waals surface area contributed by atoms with Crippen LogP contribution in [0.5, 0.6) is 0 Å². The summed E-state index contributed by atoms with van der Waals surface area (Å²) >= 11 is 0. The Morgan fingerprint density at radius 1 is 1.41 bits per heavy atom. The maximum absolute atomic E-state index is 11.6. The number of nitrogens with one attached hydrogen (secondary N) is 1. The molecule has 1 aliphatic heterocycles. The van der Waals surface area contributed by atoms with E-state index in [1.807, 2.05) is 20.8 Å². The van der Waals surface area contributed by atoms with Gasteiger partial charge in [0.2, 0.25) is 0 Å². The molecule has 0 radical (unpaired) electrons. The lowest BCUT2D eigenvalue weighted by Crippen LogP contribution is -2.54. The molecule has 0 atom stereocenters. The first-order chi connectivity index (χ1) is 7.92. The summed E-state index contributed by atoms with van der Waals surface area (Å²) in [5.74, 6) is 0.597. The zero-order chi connectivity index (χ0) is 12.9. The molecule has 1 aliphatic rings. The zero-order valence-electron chi connectivity index (χ0n) is 11.6. The SMILES string of the molecule is CCCCNCC1CN(C(=O)OC(C)(C)C)C1. The Labute approximate surface area is 105 Å². The predicted octanol–water partition coefficient (Wildman–Crippen LogP) is 2.24. The Bertz CT molecular complexity index is 242. The van der Waals surface area contributed by atoms with Crippen molar-refractivity contribution >= 4 is 6.09 Å². The van der Waals surface area contributed by atoms with Crippen LogP contribution in [0, 0.1) is 5.92 Å². The molecule has 0 aromatic carbocycles. The van der Waals surface area contributed by atoms with Crippen LogP contribution >= 0.6 is 0 Å². The van der Waals surface area contributed by atoms with E-state index in [1.165, 1.54) is 12.8 Å². The zero-order valence-corrected chi connectivity index (χ0v) is 11.6. The molecular weight excluding hydrogens is 216 g/mol. The molecule has 0 saturated carbocycles. The first-order valence-corrected chi connectivity index (χ1v) is 6.61. The molecule has 0 bridgehead atoms. The number of ether oxygens (including phenoxy) is 1. The van der Waals surface area contributed by atoms with E-state index in [-0.39, 0.29) is 11.7 Å². The Hall–Kier alpha value is -0.770. The average molecular weight is 242 g/mol. The van der Waals surface area contributed by atoms with Crippen molar-refractivity contribution in [3.8, 4) is 0 Å². The summed E-state index contributed by atoms with van der Waals surface area (Å²) in [4.78, 5) is 13.4. The third-order valence-electron chi connectivity index (χ3n) is 2.75. The van der Waals surface area contributed by atoms with Crippen LogP contribution in [0.2, 0.25) is 0 Å². The smallest absolute Gasteiger partial charge is 0.410 e. The van der Waals surface area contributed by atoms with E-state index in [4.69, 9.17) is 4.74 Å². The summed E-state index contributed by atoms with van der Waals surface area (Å²) in [6.07, 6.45) is 2.27. The van der Waals surface area contributed by atoms with Crippen LogP contribution in [-0.4, -0.2) is 42.8 Å². The van der Waals surface area contributed by atoms with Gasteiger partial charge in [-0.05, 0) is 33.7 Å². The number of hydrogen-bond donors (Lipinski definition) is 1. The lowest BCUT2D eigenvalue weighted by Gasteiger charge is -2.39. The van der Waals surface area contributed by atoms with E-state index in [9.17, 15) is 4.79 Å². The second-order valence-electron chi connectivity index (χ2n) is 5.81. The highest BCUT2D eigenvalue weighted by Crippen LogP contribution is 2.18. The number of unbranched alkanes of at least 4 members (excludes halogenated alkanes) is 1. The molecule has 100 valence electrons. The summed E-state index contributed by atoms with van der Waals surface area (Å²) < 4.78 is 5.30. The van der Waals surface area contributed by atoms with Gasteiger partial charge >= 0.3 is 6.09 Å². The quantitative estimate of drug-likeness (QED) is 0.752. The second kappa shape index (κ2) is 6.24. The highest BCUT2D eigenvalue weighted by molar-refractivity contribution is 5.69. The van der Waals surface area contributed by atoms with Crippen molar-refractivity contribution in [2.75, 3.05) is 26.2 Å². The van der Waals surface area contributed by atoms with Crippen molar-refractivity contribution in [2.24, 2.45) is 5.92 Å². The van der Waals surface area contributed by atoms with Crippen LogP contribution in [0.4, 0.5) is 4.79 Å². The van der Waals surface area contributed by atoms with Gasteiger partial charge in [0.25, 0.3) is 0 Å². The molecule has 17 heavy (non-hydrogen) atoms. The Morgan fingerprint density at radius 3 is 2.59 bits per heavy atom. The fourth-order valence-electron chi connectivity index (χ4n) is 1.78. The van der Waals surface area contributed by atoms with Gasteiger partial charge in [-0.25, -0.2) is 4.79 Å². The van der Waals surface area contributed by atoms with Crippen molar-refractivity contribution in [1.82, 2.24) is 10.2 Å². The maximum atomic E-state index is 11.6. The maximum Gasteiger partial charge on any atom is 0.410 e. The third-order valence-corrected chi connectivity index (χ3v) is 2.75. The van der Waals surface area contributed by atoms with Gasteiger partial charge < -0.3 is 15.0 Å². The summed E-state index contributed by atoms with van der Waals surface area (Å²) in [5.41, 5.74) is -0.387. The Balaban J connectivity index is 2.08. The highest BCUT2D eigenvalue weighted by Gasteiger charge is 2.33. The molecule has 4 heteroatoms. The average Bonchev–Trinajstić information content (AvgIpc) is 2.11. The highest BCUT2D eigenvalue weighted by atomic mass is 16.6. The number of likely N-dealkylation sites (tertiary alicyclic amines) is 1. The van der Waals surface area contributed by atoms with Crippen molar-refractivity contribution in [3.63, 3.8) is 0 Å². The Kier molecular flexibility index (Phi) is 5.25. The lowest BCUT2D eigenvalue weighted by atomic mass is 10.0. The van der Waals surface area contributed by atoms with Crippen LogP contribution in [0.15, 0.2) is 0 Å². The monoisotopic (exact) mass is 242 g/mol. The molecule has 0 aromatic heterocycles. The van der Waals surface area contributed by atoms with E-state index in [0.717, 1.165) is 26.2 Å². The van der Waals surface area contributed by atoms with E-state index < -0.39 is 0 Å². The van der Waals surface area contributed by atoms with Gasteiger partial charge in [0.15, 0.2) is 0 Å². The number of carbonyl (C=O) groups is 1. The lowest BCUT2D eigenvalue weighted by molar-refractivity contribution is -0.000732. The molecule has 4 nitrogen and oxygen atoms in total. The molecule has 1 fully saturated rings. The van der Waals surface area contributed by atoms with E-state index in [1.54, 1.807) is 4.90 Å².